The SMILES string of the molecule is CCCCCCCCCCCCCCCCCCC[CH]C(C)(C)C. The first kappa shape index (κ1) is 24.0. The summed E-state index contributed by atoms with van der Waals surface area (Å²) in [6.07, 6.45) is 28.6. The molecular weight excluding hydrogens is 288 g/mol. The minimum absolute atomic E-state index is 0.412. The Hall–Kier alpha value is 0. The van der Waals surface area contributed by atoms with Gasteiger partial charge in [-0.25, -0.2) is 0 Å². The fourth-order valence-electron chi connectivity index (χ4n) is 3.40. The molecule has 0 amide bonds. The van der Waals surface area contributed by atoms with Gasteiger partial charge in [-0.3, -0.25) is 0 Å². The first-order chi connectivity index (χ1) is 11.6. The maximum atomic E-state index is 2.48. The molecule has 0 N–H and O–H groups in total. The molecule has 145 valence electrons. The monoisotopic (exact) mass is 337 g/mol. The molecule has 0 aromatic rings. The smallest absolute Gasteiger partial charge is 0.0332 e. The average molecular weight is 338 g/mol. The first-order valence-corrected chi connectivity index (χ1v) is 11.4. The predicted octanol–water partition coefficient (Wildman–Crippen LogP) is 9.28. The van der Waals surface area contributed by atoms with E-state index in [-0.39, 0.29) is 0 Å². The number of unbranched alkanes of at least 4 members (excludes halogenated alkanes) is 17. The zero-order valence-corrected chi connectivity index (χ0v) is 17.8. The van der Waals surface area contributed by atoms with E-state index < -0.39 is 0 Å². The summed E-state index contributed by atoms with van der Waals surface area (Å²) in [5.74, 6) is 0. The Morgan fingerprint density at radius 3 is 1.04 bits per heavy atom. The third-order valence-electron chi connectivity index (χ3n) is 5.06. The lowest BCUT2D eigenvalue weighted by atomic mass is 9.89. The quantitative estimate of drug-likeness (QED) is 0.218. The highest BCUT2D eigenvalue weighted by Crippen LogP contribution is 2.21. The molecule has 1 radical (unpaired) electrons. The summed E-state index contributed by atoms with van der Waals surface area (Å²) in [5.41, 5.74) is 0.412. The van der Waals surface area contributed by atoms with Crippen molar-refractivity contribution in [2.24, 2.45) is 5.41 Å². The van der Waals surface area contributed by atoms with E-state index in [1.807, 2.05) is 0 Å². The summed E-state index contributed by atoms with van der Waals surface area (Å²) in [5, 5.41) is 0. The minimum atomic E-state index is 0.412. The maximum absolute atomic E-state index is 2.48. The molecular formula is C24H49. The second-order valence-corrected chi connectivity index (χ2v) is 9.02. The van der Waals surface area contributed by atoms with E-state index in [1.165, 1.54) is 116 Å². The van der Waals surface area contributed by atoms with Crippen molar-refractivity contribution in [3.05, 3.63) is 6.42 Å². The van der Waals surface area contributed by atoms with Crippen LogP contribution in [0.15, 0.2) is 0 Å². The highest BCUT2D eigenvalue weighted by atomic mass is 14.1. The van der Waals surface area contributed by atoms with E-state index in [0.717, 1.165) is 0 Å². The zero-order valence-electron chi connectivity index (χ0n) is 17.8. The first-order valence-electron chi connectivity index (χ1n) is 11.4. The molecule has 0 aliphatic carbocycles. The molecule has 0 spiro atoms. The summed E-state index contributed by atoms with van der Waals surface area (Å²) < 4.78 is 0. The Balaban J connectivity index is 3.00. The van der Waals surface area contributed by atoms with Crippen LogP contribution in [0.25, 0.3) is 0 Å². The van der Waals surface area contributed by atoms with Crippen molar-refractivity contribution in [3.8, 4) is 0 Å². The second kappa shape index (κ2) is 17.8. The third kappa shape index (κ3) is 22.0. The lowest BCUT2D eigenvalue weighted by Gasteiger charge is -2.16. The van der Waals surface area contributed by atoms with Gasteiger partial charge in [0.1, 0.15) is 0 Å². The van der Waals surface area contributed by atoms with Crippen LogP contribution in [0.5, 0.6) is 0 Å². The van der Waals surface area contributed by atoms with Gasteiger partial charge in [0, 0.05) is 0 Å². The fourth-order valence-corrected chi connectivity index (χ4v) is 3.40. The molecule has 24 heavy (non-hydrogen) atoms. The molecule has 0 aromatic carbocycles. The minimum Gasteiger partial charge on any atom is -0.0654 e. The van der Waals surface area contributed by atoms with E-state index in [0.29, 0.717) is 5.41 Å². The second-order valence-electron chi connectivity index (χ2n) is 9.02. The Kier molecular flexibility index (Phi) is 17.8. The van der Waals surface area contributed by atoms with Gasteiger partial charge in [-0.2, -0.15) is 0 Å². The summed E-state index contributed by atoms with van der Waals surface area (Å²) in [7, 11) is 0. The highest BCUT2D eigenvalue weighted by Gasteiger charge is 2.08. The van der Waals surface area contributed by atoms with Crippen LogP contribution in [-0.4, -0.2) is 0 Å². The van der Waals surface area contributed by atoms with Crippen molar-refractivity contribution in [3.63, 3.8) is 0 Å². The van der Waals surface area contributed by atoms with Crippen molar-refractivity contribution >= 4 is 0 Å². The van der Waals surface area contributed by atoms with Gasteiger partial charge in [0.05, 0.1) is 0 Å². The summed E-state index contributed by atoms with van der Waals surface area (Å²) in [6, 6.07) is 0. The van der Waals surface area contributed by atoms with Crippen LogP contribution in [0.3, 0.4) is 0 Å². The predicted molar refractivity (Wildman–Crippen MR) is 113 cm³/mol. The number of hydrogen-bond donors (Lipinski definition) is 0. The molecule has 0 nitrogen and oxygen atoms in total. The van der Waals surface area contributed by atoms with Gasteiger partial charge in [0.25, 0.3) is 0 Å². The highest BCUT2D eigenvalue weighted by molar-refractivity contribution is 4.79. The van der Waals surface area contributed by atoms with E-state index in [2.05, 4.69) is 34.1 Å². The van der Waals surface area contributed by atoms with Crippen LogP contribution in [0, 0.1) is 11.8 Å². The van der Waals surface area contributed by atoms with Crippen LogP contribution >= 0.6 is 0 Å². The van der Waals surface area contributed by atoms with Crippen molar-refractivity contribution < 1.29 is 0 Å². The zero-order chi connectivity index (χ0) is 17.9. The molecule has 0 saturated heterocycles. The van der Waals surface area contributed by atoms with Gasteiger partial charge in [-0.15, -0.1) is 0 Å². The Labute approximate surface area is 155 Å². The van der Waals surface area contributed by atoms with Crippen molar-refractivity contribution in [2.45, 2.75) is 143 Å². The van der Waals surface area contributed by atoms with Crippen LogP contribution in [0.2, 0.25) is 0 Å². The molecule has 0 saturated carbocycles. The van der Waals surface area contributed by atoms with Gasteiger partial charge in [0.15, 0.2) is 0 Å². The van der Waals surface area contributed by atoms with Gasteiger partial charge in [-0.1, -0.05) is 137 Å². The summed E-state index contributed by atoms with van der Waals surface area (Å²) in [4.78, 5) is 0. The molecule has 0 heteroatoms. The van der Waals surface area contributed by atoms with Crippen LogP contribution < -0.4 is 0 Å². The van der Waals surface area contributed by atoms with E-state index >= 15 is 0 Å². The average Bonchev–Trinajstić information content (AvgIpc) is 2.52. The Bertz CT molecular complexity index is 223. The lowest BCUT2D eigenvalue weighted by molar-refractivity contribution is 0.460. The standard InChI is InChI=1S/C24H49/c1-5-6-7-8-9-10-11-12-13-14-15-16-17-18-19-20-21-22-23-24(2,3)4/h23H,5-22H2,1-4H3. The number of hydrogen-bond acceptors (Lipinski definition) is 0. The molecule has 0 fully saturated rings. The van der Waals surface area contributed by atoms with Gasteiger partial charge >= 0.3 is 0 Å². The summed E-state index contributed by atoms with van der Waals surface area (Å²) >= 11 is 0. The fraction of sp³-hybridized carbons (Fsp3) is 0.958. The van der Waals surface area contributed by atoms with Crippen molar-refractivity contribution in [1.29, 1.82) is 0 Å². The van der Waals surface area contributed by atoms with E-state index in [9.17, 15) is 0 Å². The Morgan fingerprint density at radius 2 is 0.750 bits per heavy atom. The van der Waals surface area contributed by atoms with E-state index in [1.54, 1.807) is 0 Å². The van der Waals surface area contributed by atoms with E-state index in [4.69, 9.17) is 0 Å². The Morgan fingerprint density at radius 1 is 0.458 bits per heavy atom. The molecule has 0 aliphatic rings. The molecule has 0 aliphatic heterocycles. The van der Waals surface area contributed by atoms with Crippen molar-refractivity contribution in [2.75, 3.05) is 0 Å². The lowest BCUT2D eigenvalue weighted by Crippen LogP contribution is -2.04. The van der Waals surface area contributed by atoms with Gasteiger partial charge in [0.2, 0.25) is 0 Å². The topological polar surface area (TPSA) is 0 Å². The molecule has 0 aromatic heterocycles. The molecule has 0 rings (SSSR count). The number of rotatable bonds is 18. The van der Waals surface area contributed by atoms with Crippen LogP contribution in [0.1, 0.15) is 143 Å². The van der Waals surface area contributed by atoms with Gasteiger partial charge in [-0.05, 0) is 18.3 Å². The molecule has 0 atom stereocenters. The largest absolute Gasteiger partial charge is 0.0654 e. The van der Waals surface area contributed by atoms with Gasteiger partial charge < -0.3 is 0 Å². The van der Waals surface area contributed by atoms with Crippen molar-refractivity contribution in [1.82, 2.24) is 0 Å². The normalized spacial score (nSPS) is 12.0. The van der Waals surface area contributed by atoms with Crippen LogP contribution in [-0.2, 0) is 0 Å². The molecule has 0 bridgehead atoms. The summed E-state index contributed by atoms with van der Waals surface area (Å²) in [6.45, 7) is 9.22. The van der Waals surface area contributed by atoms with Crippen LogP contribution in [0.4, 0.5) is 0 Å². The molecule has 0 unspecified atom stereocenters. The molecule has 0 heterocycles. The maximum Gasteiger partial charge on any atom is -0.0332 e. The third-order valence-corrected chi connectivity index (χ3v) is 5.06.